The molecule has 1 fully saturated rings. The van der Waals surface area contributed by atoms with Gasteiger partial charge in [0.1, 0.15) is 17.7 Å². The number of rotatable bonds is 6. The topological polar surface area (TPSA) is 126 Å². The molecule has 0 atom stereocenters. The van der Waals surface area contributed by atoms with Crippen molar-refractivity contribution in [3.8, 4) is 22.9 Å². The molecular formula is C23H22Cl2N4O5. The maximum Gasteiger partial charge on any atom is 0.349 e. The molecule has 0 radical (unpaired) electrons. The van der Waals surface area contributed by atoms with Crippen molar-refractivity contribution in [1.82, 2.24) is 20.1 Å². The summed E-state index contributed by atoms with van der Waals surface area (Å²) in [6, 6.07) is 7.02. The highest BCUT2D eigenvalue weighted by Gasteiger charge is 2.19. The standard InChI is InChI=1S/C23H22Cl2N4O5/c24-17-8-14(29-23(33)28-20(31)12-27-29)9-18(25)21(17)34-15-6-7-19(30)16(10-15)22(32)26-11-13-4-2-1-3-5-13/h6-10,12-13,30H,1-5,11H2,(H,26,32)(H,28,31,33). The number of phenols is 1. The van der Waals surface area contributed by atoms with E-state index in [0.717, 1.165) is 23.7 Å². The maximum atomic E-state index is 12.7. The van der Waals surface area contributed by atoms with E-state index in [1.54, 1.807) is 0 Å². The maximum absolute atomic E-state index is 12.7. The SMILES string of the molecule is O=C(NCC1CCCCC1)c1cc(Oc2c(Cl)cc(-n3ncc(=O)[nH]c3=O)cc2Cl)ccc1O. The molecule has 3 N–H and O–H groups in total. The molecule has 0 saturated heterocycles. The molecule has 0 bridgehead atoms. The fourth-order valence-electron chi connectivity index (χ4n) is 3.91. The van der Waals surface area contributed by atoms with Crippen LogP contribution in [0, 0.1) is 5.92 Å². The van der Waals surface area contributed by atoms with Crippen molar-refractivity contribution in [1.29, 1.82) is 0 Å². The molecular weight excluding hydrogens is 483 g/mol. The summed E-state index contributed by atoms with van der Waals surface area (Å²) in [6.45, 7) is 0.556. The molecule has 1 aliphatic rings. The van der Waals surface area contributed by atoms with Gasteiger partial charge in [0.2, 0.25) is 0 Å². The van der Waals surface area contributed by atoms with Gasteiger partial charge in [0.25, 0.3) is 11.5 Å². The van der Waals surface area contributed by atoms with E-state index in [1.165, 1.54) is 49.6 Å². The van der Waals surface area contributed by atoms with E-state index in [9.17, 15) is 19.5 Å². The number of hydrogen-bond donors (Lipinski definition) is 3. The van der Waals surface area contributed by atoms with Crippen molar-refractivity contribution >= 4 is 29.1 Å². The lowest BCUT2D eigenvalue weighted by molar-refractivity contribution is 0.0940. The summed E-state index contributed by atoms with van der Waals surface area (Å²) in [6.07, 6.45) is 6.69. The Labute approximate surface area is 204 Å². The van der Waals surface area contributed by atoms with Gasteiger partial charge in [0, 0.05) is 6.54 Å². The minimum Gasteiger partial charge on any atom is -0.507 e. The number of nitrogens with zero attached hydrogens (tertiary/aromatic N) is 2. The molecule has 2 aromatic carbocycles. The number of carbonyl (C=O) groups is 1. The molecule has 1 amide bonds. The van der Waals surface area contributed by atoms with Gasteiger partial charge in [-0.25, -0.2) is 4.79 Å². The zero-order valence-corrected chi connectivity index (χ0v) is 19.5. The van der Waals surface area contributed by atoms with Crippen LogP contribution in [-0.2, 0) is 0 Å². The number of benzene rings is 2. The van der Waals surface area contributed by atoms with Crippen molar-refractivity contribution in [2.75, 3.05) is 6.54 Å². The van der Waals surface area contributed by atoms with Crippen LogP contribution in [0.5, 0.6) is 17.2 Å². The van der Waals surface area contributed by atoms with Crippen LogP contribution in [0.1, 0.15) is 42.5 Å². The van der Waals surface area contributed by atoms with E-state index in [4.69, 9.17) is 27.9 Å². The Morgan fingerprint density at radius 2 is 1.85 bits per heavy atom. The summed E-state index contributed by atoms with van der Waals surface area (Å²) in [5.41, 5.74) is -1.10. The number of amides is 1. The summed E-state index contributed by atoms with van der Waals surface area (Å²) in [4.78, 5) is 38.0. The average molecular weight is 505 g/mol. The smallest absolute Gasteiger partial charge is 0.349 e. The van der Waals surface area contributed by atoms with E-state index in [-0.39, 0.29) is 38.5 Å². The monoisotopic (exact) mass is 504 g/mol. The number of nitrogens with one attached hydrogen (secondary N) is 2. The number of hydrogen-bond acceptors (Lipinski definition) is 6. The van der Waals surface area contributed by atoms with Gasteiger partial charge < -0.3 is 15.2 Å². The van der Waals surface area contributed by atoms with Gasteiger partial charge in [-0.1, -0.05) is 42.5 Å². The molecule has 1 aliphatic carbocycles. The molecule has 0 unspecified atom stereocenters. The predicted molar refractivity (Wildman–Crippen MR) is 128 cm³/mol. The minimum absolute atomic E-state index is 0.0683. The number of aromatic hydroxyl groups is 1. The molecule has 1 saturated carbocycles. The van der Waals surface area contributed by atoms with Gasteiger partial charge in [0.15, 0.2) is 5.75 Å². The first-order valence-electron chi connectivity index (χ1n) is 10.8. The van der Waals surface area contributed by atoms with Gasteiger partial charge in [-0.05, 0) is 49.1 Å². The predicted octanol–water partition coefficient (Wildman–Crippen LogP) is 4.04. The Bertz CT molecular complexity index is 1310. The average Bonchev–Trinajstić information content (AvgIpc) is 2.81. The lowest BCUT2D eigenvalue weighted by Gasteiger charge is -2.21. The summed E-state index contributed by atoms with van der Waals surface area (Å²) in [7, 11) is 0. The van der Waals surface area contributed by atoms with Crippen molar-refractivity contribution in [2.24, 2.45) is 5.92 Å². The molecule has 0 spiro atoms. The number of ether oxygens (including phenoxy) is 1. The van der Waals surface area contributed by atoms with E-state index in [0.29, 0.717) is 12.5 Å². The fourth-order valence-corrected chi connectivity index (χ4v) is 4.46. The van der Waals surface area contributed by atoms with Gasteiger partial charge in [-0.15, -0.1) is 0 Å². The second-order valence-electron chi connectivity index (χ2n) is 8.08. The van der Waals surface area contributed by atoms with Gasteiger partial charge >= 0.3 is 5.69 Å². The van der Waals surface area contributed by atoms with Crippen LogP contribution in [0.25, 0.3) is 5.69 Å². The number of halogens is 2. The minimum atomic E-state index is -0.754. The Kier molecular flexibility index (Phi) is 7.23. The molecule has 1 aromatic heterocycles. The van der Waals surface area contributed by atoms with Crippen LogP contribution in [0.4, 0.5) is 0 Å². The van der Waals surface area contributed by atoms with Crippen LogP contribution in [0.3, 0.4) is 0 Å². The lowest BCUT2D eigenvalue weighted by atomic mass is 9.89. The Balaban J connectivity index is 1.53. The van der Waals surface area contributed by atoms with Crippen LogP contribution < -0.4 is 21.3 Å². The van der Waals surface area contributed by atoms with Gasteiger partial charge in [0.05, 0.1) is 21.3 Å². The molecule has 3 aromatic rings. The number of H-pyrrole nitrogens is 1. The van der Waals surface area contributed by atoms with E-state index >= 15 is 0 Å². The zero-order valence-electron chi connectivity index (χ0n) is 18.0. The molecule has 4 rings (SSSR count). The number of carbonyl (C=O) groups excluding carboxylic acids is 1. The zero-order chi connectivity index (χ0) is 24.2. The number of phenolic OH excluding ortho intramolecular Hbond substituents is 1. The van der Waals surface area contributed by atoms with Crippen LogP contribution in [0.15, 0.2) is 46.1 Å². The Morgan fingerprint density at radius 3 is 2.53 bits per heavy atom. The van der Waals surface area contributed by atoms with Crippen LogP contribution in [0.2, 0.25) is 10.0 Å². The summed E-state index contributed by atoms with van der Waals surface area (Å²) < 4.78 is 6.73. The van der Waals surface area contributed by atoms with Gasteiger partial charge in [-0.2, -0.15) is 9.78 Å². The highest BCUT2D eigenvalue weighted by atomic mass is 35.5. The normalized spacial score (nSPS) is 14.1. The second-order valence-corrected chi connectivity index (χ2v) is 8.90. The molecule has 9 nitrogen and oxygen atoms in total. The van der Waals surface area contributed by atoms with Gasteiger partial charge in [-0.3, -0.25) is 14.6 Å². The highest BCUT2D eigenvalue weighted by molar-refractivity contribution is 6.37. The van der Waals surface area contributed by atoms with Crippen molar-refractivity contribution in [3.05, 3.63) is 73.0 Å². The fraction of sp³-hybridized carbons (Fsp3) is 0.304. The first-order valence-corrected chi connectivity index (χ1v) is 11.5. The summed E-state index contributed by atoms with van der Waals surface area (Å²) in [5.74, 6) is 0.189. The first kappa shape index (κ1) is 23.8. The van der Waals surface area contributed by atoms with E-state index in [1.807, 2.05) is 0 Å². The van der Waals surface area contributed by atoms with Crippen molar-refractivity contribution < 1.29 is 14.6 Å². The summed E-state index contributed by atoms with van der Waals surface area (Å²) in [5, 5.41) is 17.0. The Morgan fingerprint density at radius 1 is 1.15 bits per heavy atom. The second kappa shape index (κ2) is 10.3. The largest absolute Gasteiger partial charge is 0.507 e. The third-order valence-electron chi connectivity index (χ3n) is 5.65. The Hall–Kier alpha value is -3.30. The molecule has 1 heterocycles. The molecule has 34 heavy (non-hydrogen) atoms. The van der Waals surface area contributed by atoms with Crippen molar-refractivity contribution in [3.63, 3.8) is 0 Å². The lowest BCUT2D eigenvalue weighted by Crippen LogP contribution is -2.30. The molecule has 178 valence electrons. The molecule has 0 aliphatic heterocycles. The van der Waals surface area contributed by atoms with Crippen LogP contribution >= 0.6 is 23.2 Å². The van der Waals surface area contributed by atoms with E-state index in [2.05, 4.69) is 15.4 Å². The first-order chi connectivity index (χ1) is 16.3. The third kappa shape index (κ3) is 5.43. The van der Waals surface area contributed by atoms with Crippen LogP contribution in [-0.4, -0.2) is 32.3 Å². The summed E-state index contributed by atoms with van der Waals surface area (Å²) >= 11 is 12.7. The van der Waals surface area contributed by atoms with Crippen molar-refractivity contribution in [2.45, 2.75) is 32.1 Å². The number of aromatic amines is 1. The van der Waals surface area contributed by atoms with E-state index < -0.39 is 17.2 Å². The highest BCUT2D eigenvalue weighted by Crippen LogP contribution is 2.39. The number of aromatic nitrogens is 3. The molecule has 11 heteroatoms. The third-order valence-corrected chi connectivity index (χ3v) is 6.21. The quantitative estimate of drug-likeness (QED) is 0.464.